The van der Waals surface area contributed by atoms with Gasteiger partial charge in [-0.05, 0) is 30.3 Å². The van der Waals surface area contributed by atoms with Gasteiger partial charge in [0.2, 0.25) is 5.69 Å². The van der Waals surface area contributed by atoms with E-state index in [4.69, 9.17) is 9.47 Å². The molecule has 98 valence electrons. The van der Waals surface area contributed by atoms with E-state index in [1.807, 2.05) is 49.7 Å². The standard InChI is InChI=1S/C16H18NO2/c1-17-11-5-4-6-14(17)8-7-13-12-15(18-2)9-10-16(13)19-3/h4-12H,1-3H3/q+1/b8-7+. The molecule has 0 aliphatic carbocycles. The van der Waals surface area contributed by atoms with Crippen LogP contribution in [0, 0.1) is 0 Å². The van der Waals surface area contributed by atoms with Gasteiger partial charge >= 0.3 is 0 Å². The topological polar surface area (TPSA) is 22.3 Å². The average molecular weight is 256 g/mol. The summed E-state index contributed by atoms with van der Waals surface area (Å²) in [5, 5.41) is 0. The fourth-order valence-electron chi connectivity index (χ4n) is 1.85. The van der Waals surface area contributed by atoms with Gasteiger partial charge < -0.3 is 9.47 Å². The number of ether oxygens (including phenoxy) is 2. The molecular formula is C16H18NO2+. The fourth-order valence-corrected chi connectivity index (χ4v) is 1.85. The molecule has 0 bridgehead atoms. The zero-order chi connectivity index (χ0) is 13.7. The van der Waals surface area contributed by atoms with Gasteiger partial charge in [0, 0.05) is 23.8 Å². The van der Waals surface area contributed by atoms with Crippen molar-refractivity contribution in [3.63, 3.8) is 0 Å². The zero-order valence-corrected chi connectivity index (χ0v) is 11.5. The van der Waals surface area contributed by atoms with Crippen molar-refractivity contribution < 1.29 is 14.0 Å². The minimum absolute atomic E-state index is 0.817. The third kappa shape index (κ3) is 3.13. The van der Waals surface area contributed by atoms with E-state index in [1.165, 1.54) is 0 Å². The lowest BCUT2D eigenvalue weighted by Crippen LogP contribution is -2.30. The predicted molar refractivity (Wildman–Crippen MR) is 76.1 cm³/mol. The Hall–Kier alpha value is -2.29. The maximum absolute atomic E-state index is 5.35. The second-order valence-electron chi connectivity index (χ2n) is 4.18. The Morgan fingerprint density at radius 2 is 1.84 bits per heavy atom. The normalized spacial score (nSPS) is 10.7. The quantitative estimate of drug-likeness (QED) is 0.785. The van der Waals surface area contributed by atoms with E-state index >= 15 is 0 Å². The van der Waals surface area contributed by atoms with Crippen LogP contribution in [0.25, 0.3) is 12.2 Å². The van der Waals surface area contributed by atoms with E-state index in [9.17, 15) is 0 Å². The molecule has 2 aromatic rings. The number of methoxy groups -OCH3 is 2. The first-order chi connectivity index (χ1) is 9.24. The van der Waals surface area contributed by atoms with Crippen molar-refractivity contribution in [2.75, 3.05) is 14.2 Å². The number of nitrogens with zero attached hydrogens (tertiary/aromatic N) is 1. The lowest BCUT2D eigenvalue weighted by molar-refractivity contribution is -0.673. The molecule has 0 atom stereocenters. The minimum Gasteiger partial charge on any atom is -0.497 e. The van der Waals surface area contributed by atoms with Crippen LogP contribution in [0.3, 0.4) is 0 Å². The summed E-state index contributed by atoms with van der Waals surface area (Å²) in [4.78, 5) is 0. The molecule has 0 spiro atoms. The third-order valence-electron chi connectivity index (χ3n) is 2.97. The SMILES string of the molecule is COc1ccc(OC)c(/C=C/c2cccc[n+]2C)c1. The maximum Gasteiger partial charge on any atom is 0.204 e. The number of rotatable bonds is 4. The van der Waals surface area contributed by atoms with E-state index in [1.54, 1.807) is 14.2 Å². The van der Waals surface area contributed by atoms with Crippen LogP contribution in [-0.2, 0) is 7.05 Å². The number of aromatic nitrogens is 1. The summed E-state index contributed by atoms with van der Waals surface area (Å²) in [7, 11) is 5.34. The Morgan fingerprint density at radius 3 is 2.53 bits per heavy atom. The molecule has 3 heteroatoms. The average Bonchev–Trinajstić information content (AvgIpc) is 2.46. The van der Waals surface area contributed by atoms with Gasteiger partial charge in [0.25, 0.3) is 0 Å². The number of hydrogen-bond donors (Lipinski definition) is 0. The highest BCUT2D eigenvalue weighted by Gasteiger charge is 2.04. The smallest absolute Gasteiger partial charge is 0.204 e. The summed E-state index contributed by atoms with van der Waals surface area (Å²) in [5.41, 5.74) is 2.11. The van der Waals surface area contributed by atoms with Gasteiger partial charge in [-0.25, -0.2) is 4.57 Å². The Morgan fingerprint density at radius 1 is 1.00 bits per heavy atom. The van der Waals surface area contributed by atoms with Gasteiger partial charge in [-0.2, -0.15) is 0 Å². The number of hydrogen-bond acceptors (Lipinski definition) is 2. The molecule has 1 aromatic carbocycles. The van der Waals surface area contributed by atoms with E-state index in [0.29, 0.717) is 0 Å². The second kappa shape index (κ2) is 6.05. The highest BCUT2D eigenvalue weighted by molar-refractivity contribution is 5.71. The largest absolute Gasteiger partial charge is 0.497 e. The van der Waals surface area contributed by atoms with Gasteiger partial charge in [0.15, 0.2) is 6.20 Å². The molecule has 0 radical (unpaired) electrons. The summed E-state index contributed by atoms with van der Waals surface area (Å²) >= 11 is 0. The summed E-state index contributed by atoms with van der Waals surface area (Å²) in [6.45, 7) is 0. The highest BCUT2D eigenvalue weighted by atomic mass is 16.5. The molecule has 0 amide bonds. The van der Waals surface area contributed by atoms with E-state index in [0.717, 1.165) is 22.8 Å². The van der Waals surface area contributed by atoms with Gasteiger partial charge in [0.1, 0.15) is 18.5 Å². The van der Waals surface area contributed by atoms with Gasteiger partial charge in [0.05, 0.1) is 14.2 Å². The first kappa shape index (κ1) is 13.1. The van der Waals surface area contributed by atoms with Crippen molar-refractivity contribution in [1.29, 1.82) is 0 Å². The first-order valence-electron chi connectivity index (χ1n) is 6.09. The molecule has 0 saturated heterocycles. The summed E-state index contributed by atoms with van der Waals surface area (Å²) in [6, 6.07) is 11.8. The molecule has 0 aliphatic heterocycles. The number of benzene rings is 1. The molecule has 1 aromatic heterocycles. The first-order valence-corrected chi connectivity index (χ1v) is 6.09. The van der Waals surface area contributed by atoms with Gasteiger partial charge in [-0.1, -0.05) is 0 Å². The van der Waals surface area contributed by atoms with Crippen LogP contribution < -0.4 is 14.0 Å². The maximum atomic E-state index is 5.35. The van der Waals surface area contributed by atoms with E-state index in [-0.39, 0.29) is 0 Å². The Labute approximate surface area is 113 Å². The molecule has 0 fully saturated rings. The summed E-state index contributed by atoms with van der Waals surface area (Å²) < 4.78 is 12.6. The summed E-state index contributed by atoms with van der Waals surface area (Å²) in [5.74, 6) is 1.65. The van der Waals surface area contributed by atoms with Crippen molar-refractivity contribution in [1.82, 2.24) is 0 Å². The van der Waals surface area contributed by atoms with Crippen molar-refractivity contribution in [3.8, 4) is 11.5 Å². The fraction of sp³-hybridized carbons (Fsp3) is 0.188. The molecule has 0 N–H and O–H groups in total. The van der Waals surface area contributed by atoms with Crippen molar-refractivity contribution >= 4 is 12.2 Å². The van der Waals surface area contributed by atoms with Crippen LogP contribution in [0.15, 0.2) is 42.6 Å². The van der Waals surface area contributed by atoms with Gasteiger partial charge in [-0.3, -0.25) is 0 Å². The van der Waals surface area contributed by atoms with Crippen molar-refractivity contribution in [2.24, 2.45) is 7.05 Å². The van der Waals surface area contributed by atoms with E-state index < -0.39 is 0 Å². The lowest BCUT2D eigenvalue weighted by atomic mass is 10.1. The molecular weight excluding hydrogens is 238 g/mol. The van der Waals surface area contributed by atoms with Crippen LogP contribution in [0.4, 0.5) is 0 Å². The second-order valence-corrected chi connectivity index (χ2v) is 4.18. The molecule has 2 rings (SSSR count). The van der Waals surface area contributed by atoms with E-state index in [2.05, 4.69) is 16.7 Å². The minimum atomic E-state index is 0.817. The lowest BCUT2D eigenvalue weighted by Gasteiger charge is -2.06. The van der Waals surface area contributed by atoms with Crippen molar-refractivity contribution in [2.45, 2.75) is 0 Å². The Balaban J connectivity index is 2.34. The summed E-state index contributed by atoms with van der Waals surface area (Å²) in [6.07, 6.45) is 6.09. The van der Waals surface area contributed by atoms with Crippen LogP contribution in [-0.4, -0.2) is 14.2 Å². The zero-order valence-electron chi connectivity index (χ0n) is 11.5. The Bertz CT molecular complexity index is 591. The molecule has 1 heterocycles. The predicted octanol–water partition coefficient (Wildman–Crippen LogP) is 2.70. The monoisotopic (exact) mass is 256 g/mol. The molecule has 19 heavy (non-hydrogen) atoms. The van der Waals surface area contributed by atoms with Crippen molar-refractivity contribution in [3.05, 3.63) is 53.9 Å². The Kier molecular flexibility index (Phi) is 4.18. The van der Waals surface area contributed by atoms with Crippen LogP contribution in [0.1, 0.15) is 11.3 Å². The number of pyridine rings is 1. The molecule has 0 aliphatic rings. The highest BCUT2D eigenvalue weighted by Crippen LogP contribution is 2.25. The molecule has 0 unspecified atom stereocenters. The number of aryl methyl sites for hydroxylation is 1. The molecule has 3 nitrogen and oxygen atoms in total. The van der Waals surface area contributed by atoms with Crippen LogP contribution >= 0.6 is 0 Å². The van der Waals surface area contributed by atoms with Gasteiger partial charge in [-0.15, -0.1) is 0 Å². The van der Waals surface area contributed by atoms with Crippen LogP contribution in [0.5, 0.6) is 11.5 Å². The molecule has 0 saturated carbocycles. The third-order valence-corrected chi connectivity index (χ3v) is 2.97. The van der Waals surface area contributed by atoms with Crippen LogP contribution in [0.2, 0.25) is 0 Å².